The molecule has 0 aliphatic heterocycles. The largest absolute Gasteiger partial charge is 0.399 e. The van der Waals surface area contributed by atoms with E-state index >= 15 is 0 Å². The average Bonchev–Trinajstić information content (AvgIpc) is 2.16. The van der Waals surface area contributed by atoms with Gasteiger partial charge in [0.15, 0.2) is 0 Å². The number of anilines is 1. The zero-order valence-electron chi connectivity index (χ0n) is 8.77. The van der Waals surface area contributed by atoms with Gasteiger partial charge in [-0.25, -0.2) is 4.79 Å². The monoisotopic (exact) mass is 239 g/mol. The van der Waals surface area contributed by atoms with Gasteiger partial charge in [-0.2, -0.15) is 0 Å². The van der Waals surface area contributed by atoms with E-state index in [0.29, 0.717) is 5.69 Å². The van der Waals surface area contributed by atoms with Crippen molar-refractivity contribution in [3.8, 4) is 0 Å². The maximum Gasteiger partial charge on any atom is 0.318 e. The van der Waals surface area contributed by atoms with Crippen molar-refractivity contribution in [3.05, 3.63) is 24.3 Å². The minimum absolute atomic E-state index is 0.408. The van der Waals surface area contributed by atoms with Crippen molar-refractivity contribution < 1.29 is 9.59 Å². The minimum atomic E-state index is -0.843. The number of carbonyl (C=O) groups excluding carboxylic acids is 2. The third-order valence-electron chi connectivity index (χ3n) is 1.79. The molecule has 0 aromatic heterocycles. The minimum Gasteiger partial charge on any atom is -0.399 e. The fraction of sp³-hybridized carbons (Fsp3) is 0.200. The van der Waals surface area contributed by atoms with Gasteiger partial charge in [0, 0.05) is 10.6 Å². The first-order chi connectivity index (χ1) is 7.49. The molecule has 1 rings (SSSR count). The van der Waals surface area contributed by atoms with Crippen LogP contribution in [0.15, 0.2) is 29.2 Å². The molecule has 0 saturated heterocycles. The Bertz CT molecular complexity index is 409. The van der Waals surface area contributed by atoms with Crippen LogP contribution in [0.4, 0.5) is 10.5 Å². The molecule has 0 radical (unpaired) electrons. The van der Waals surface area contributed by atoms with Crippen LogP contribution >= 0.6 is 11.8 Å². The number of nitrogens with one attached hydrogen (secondary N) is 1. The smallest absolute Gasteiger partial charge is 0.318 e. The first-order valence-electron chi connectivity index (χ1n) is 4.61. The Kier molecular flexibility index (Phi) is 4.19. The Labute approximate surface area is 97.6 Å². The molecular weight excluding hydrogens is 226 g/mol. The number of benzene rings is 1. The number of rotatable bonds is 3. The van der Waals surface area contributed by atoms with Crippen LogP contribution in [0.1, 0.15) is 6.92 Å². The lowest BCUT2D eigenvalue weighted by Crippen LogP contribution is -2.39. The Hall–Kier alpha value is -1.69. The molecule has 5 nitrogen and oxygen atoms in total. The van der Waals surface area contributed by atoms with Crippen LogP contribution in [-0.2, 0) is 4.79 Å². The second-order valence-corrected chi connectivity index (χ2v) is 4.60. The summed E-state index contributed by atoms with van der Waals surface area (Å²) in [5.74, 6) is -0.417. The summed E-state index contributed by atoms with van der Waals surface area (Å²) in [6.45, 7) is 1.69. The van der Waals surface area contributed by atoms with Crippen LogP contribution < -0.4 is 16.8 Å². The molecule has 0 saturated carbocycles. The van der Waals surface area contributed by atoms with E-state index < -0.39 is 17.2 Å². The fourth-order valence-corrected chi connectivity index (χ4v) is 2.00. The van der Waals surface area contributed by atoms with E-state index in [1.165, 1.54) is 11.8 Å². The number of amides is 3. The van der Waals surface area contributed by atoms with Gasteiger partial charge in [0.1, 0.15) is 0 Å². The van der Waals surface area contributed by atoms with Crippen molar-refractivity contribution in [2.24, 2.45) is 5.73 Å². The SMILES string of the molecule is CC(Sc1cccc(N)c1)C(=O)NC(N)=O. The number of nitrogen functional groups attached to an aromatic ring is 1. The van der Waals surface area contributed by atoms with Gasteiger partial charge in [0.25, 0.3) is 0 Å². The van der Waals surface area contributed by atoms with Gasteiger partial charge in [-0.3, -0.25) is 10.1 Å². The maximum atomic E-state index is 11.4. The predicted octanol–water partition coefficient (Wildman–Crippen LogP) is 0.944. The molecule has 1 unspecified atom stereocenters. The lowest BCUT2D eigenvalue weighted by Gasteiger charge is -2.10. The third-order valence-corrected chi connectivity index (χ3v) is 2.88. The number of nitrogens with two attached hydrogens (primary N) is 2. The fourth-order valence-electron chi connectivity index (χ4n) is 1.07. The normalized spacial score (nSPS) is 11.8. The molecule has 0 bridgehead atoms. The molecule has 0 aliphatic carbocycles. The summed E-state index contributed by atoms with van der Waals surface area (Å²) in [5.41, 5.74) is 11.1. The van der Waals surface area contributed by atoms with E-state index in [-0.39, 0.29) is 0 Å². The Morgan fingerprint density at radius 1 is 1.44 bits per heavy atom. The van der Waals surface area contributed by atoms with Crippen molar-refractivity contribution in [2.45, 2.75) is 17.1 Å². The summed E-state index contributed by atoms with van der Waals surface area (Å²) < 4.78 is 0. The van der Waals surface area contributed by atoms with E-state index in [4.69, 9.17) is 11.5 Å². The molecule has 0 heterocycles. The standard InChI is InChI=1S/C10H13N3O2S/c1-6(9(14)13-10(12)15)16-8-4-2-3-7(11)5-8/h2-6H,11H2,1H3,(H3,12,13,14,15). The molecule has 6 heteroatoms. The van der Waals surface area contributed by atoms with Crippen LogP contribution in [0, 0.1) is 0 Å². The summed E-state index contributed by atoms with van der Waals surface area (Å²) in [5, 5.41) is 1.62. The Morgan fingerprint density at radius 3 is 2.69 bits per heavy atom. The highest BCUT2D eigenvalue weighted by atomic mass is 32.2. The molecule has 3 amide bonds. The molecule has 0 spiro atoms. The van der Waals surface area contributed by atoms with E-state index in [1.54, 1.807) is 25.1 Å². The summed E-state index contributed by atoms with van der Waals surface area (Å²) in [7, 11) is 0. The highest BCUT2D eigenvalue weighted by Crippen LogP contribution is 2.24. The first-order valence-corrected chi connectivity index (χ1v) is 5.49. The zero-order chi connectivity index (χ0) is 12.1. The molecule has 86 valence electrons. The summed E-state index contributed by atoms with van der Waals surface area (Å²) >= 11 is 1.31. The van der Waals surface area contributed by atoms with Crippen molar-refractivity contribution >= 4 is 29.4 Å². The van der Waals surface area contributed by atoms with Gasteiger partial charge < -0.3 is 11.5 Å². The number of hydrogen-bond acceptors (Lipinski definition) is 4. The molecule has 0 fully saturated rings. The number of imide groups is 1. The van der Waals surface area contributed by atoms with Gasteiger partial charge in [-0.05, 0) is 25.1 Å². The van der Waals surface area contributed by atoms with Gasteiger partial charge >= 0.3 is 6.03 Å². The van der Waals surface area contributed by atoms with Crippen molar-refractivity contribution in [1.82, 2.24) is 5.32 Å². The van der Waals surface area contributed by atoms with E-state index in [9.17, 15) is 9.59 Å². The van der Waals surface area contributed by atoms with Crippen LogP contribution in [0.25, 0.3) is 0 Å². The number of primary amides is 1. The number of hydrogen-bond donors (Lipinski definition) is 3. The van der Waals surface area contributed by atoms with E-state index in [0.717, 1.165) is 4.90 Å². The zero-order valence-corrected chi connectivity index (χ0v) is 9.58. The van der Waals surface area contributed by atoms with Crippen molar-refractivity contribution in [3.63, 3.8) is 0 Å². The van der Waals surface area contributed by atoms with E-state index in [2.05, 4.69) is 0 Å². The van der Waals surface area contributed by atoms with Gasteiger partial charge in [-0.1, -0.05) is 6.07 Å². The van der Waals surface area contributed by atoms with E-state index in [1.807, 2.05) is 11.4 Å². The van der Waals surface area contributed by atoms with Gasteiger partial charge in [-0.15, -0.1) is 11.8 Å². The molecular formula is C10H13N3O2S. The highest BCUT2D eigenvalue weighted by molar-refractivity contribution is 8.00. The molecule has 16 heavy (non-hydrogen) atoms. The second-order valence-electron chi connectivity index (χ2n) is 3.19. The lowest BCUT2D eigenvalue weighted by molar-refractivity contribution is -0.119. The molecule has 1 aromatic rings. The van der Waals surface area contributed by atoms with Crippen LogP contribution in [0.2, 0.25) is 0 Å². The first kappa shape index (κ1) is 12.4. The average molecular weight is 239 g/mol. The van der Waals surface area contributed by atoms with Crippen molar-refractivity contribution in [2.75, 3.05) is 5.73 Å². The predicted molar refractivity (Wildman–Crippen MR) is 63.9 cm³/mol. The van der Waals surface area contributed by atoms with Crippen LogP contribution in [-0.4, -0.2) is 17.2 Å². The number of urea groups is 1. The Morgan fingerprint density at radius 2 is 2.12 bits per heavy atom. The number of thioether (sulfide) groups is 1. The second kappa shape index (κ2) is 5.41. The van der Waals surface area contributed by atoms with Crippen molar-refractivity contribution in [1.29, 1.82) is 0 Å². The van der Waals surface area contributed by atoms with Crippen LogP contribution in [0.5, 0.6) is 0 Å². The summed E-state index contributed by atoms with van der Waals surface area (Å²) in [4.78, 5) is 22.7. The number of carbonyl (C=O) groups is 2. The Balaban J connectivity index is 2.60. The summed E-state index contributed by atoms with van der Waals surface area (Å²) in [6, 6.07) is 6.33. The maximum absolute atomic E-state index is 11.4. The third kappa shape index (κ3) is 3.82. The quantitative estimate of drug-likeness (QED) is 0.540. The summed E-state index contributed by atoms with van der Waals surface area (Å²) in [6.07, 6.45) is 0. The molecule has 5 N–H and O–H groups in total. The van der Waals surface area contributed by atoms with Crippen LogP contribution in [0.3, 0.4) is 0 Å². The molecule has 0 aliphatic rings. The molecule has 1 atom stereocenters. The lowest BCUT2D eigenvalue weighted by atomic mass is 10.3. The molecule has 1 aromatic carbocycles. The van der Waals surface area contributed by atoms with Gasteiger partial charge in [0.2, 0.25) is 5.91 Å². The topological polar surface area (TPSA) is 98.2 Å². The van der Waals surface area contributed by atoms with Gasteiger partial charge in [0.05, 0.1) is 5.25 Å². The highest BCUT2D eigenvalue weighted by Gasteiger charge is 2.15.